The molecule has 0 spiro atoms. The molecule has 4 aliphatic rings. The minimum atomic E-state index is -0.646. The van der Waals surface area contributed by atoms with Gasteiger partial charge < -0.3 is 14.4 Å². The van der Waals surface area contributed by atoms with E-state index in [0.29, 0.717) is 16.7 Å². The fourth-order valence-electron chi connectivity index (χ4n) is 9.82. The normalized spacial score (nSPS) is 33.3. The van der Waals surface area contributed by atoms with Gasteiger partial charge in [-0.15, -0.1) is 0 Å². The average Bonchev–Trinajstić information content (AvgIpc) is 3.36. The molecule has 6 unspecified atom stereocenters. The largest absolute Gasteiger partial charge is 0.458 e. The Labute approximate surface area is 264 Å². The number of hydrazine groups is 1. The molecular weight excluding hydrogens is 552 g/mol. The van der Waals surface area contributed by atoms with E-state index < -0.39 is 5.97 Å². The Kier molecular flexibility index (Phi) is 10.3. The van der Waals surface area contributed by atoms with Crippen molar-refractivity contribution in [2.75, 3.05) is 0 Å². The lowest BCUT2D eigenvalue weighted by Gasteiger charge is -2.58. The molecule has 2 N–H and O–H groups in total. The first kappa shape index (κ1) is 32.7. The van der Waals surface area contributed by atoms with Crippen molar-refractivity contribution in [2.24, 2.45) is 46.3 Å². The number of esters is 1. The summed E-state index contributed by atoms with van der Waals surface area (Å²) in [6.07, 6.45) is 17.2. The number of carbonyl (C=O) groups excluding carboxylic acids is 2. The summed E-state index contributed by atoms with van der Waals surface area (Å²) in [7, 11) is 0. The van der Waals surface area contributed by atoms with Gasteiger partial charge in [0.15, 0.2) is 0 Å². The van der Waals surface area contributed by atoms with E-state index >= 15 is 0 Å². The van der Waals surface area contributed by atoms with Gasteiger partial charge in [0, 0.05) is 12.5 Å². The SMILES string of the molecule is C=CC(=O)ONNOc1ccc(C(=O)OC2CC[C@@]3(C)C(=CCC4C5CCC(C(C)CCCC(C)C)[C@@]5(C)CCC43)C2)cc1. The Balaban J connectivity index is 1.15. The van der Waals surface area contributed by atoms with Crippen LogP contribution in [0.1, 0.15) is 116 Å². The number of ether oxygens (including phenoxy) is 1. The molecule has 1 aromatic rings. The molecule has 7 heteroatoms. The molecule has 3 fully saturated rings. The van der Waals surface area contributed by atoms with Crippen LogP contribution in [0.4, 0.5) is 0 Å². The van der Waals surface area contributed by atoms with Crippen molar-refractivity contribution in [3.05, 3.63) is 54.1 Å². The lowest BCUT2D eigenvalue weighted by Crippen LogP contribution is -2.51. The van der Waals surface area contributed by atoms with Gasteiger partial charge in [0.05, 0.1) is 5.56 Å². The number of benzene rings is 1. The summed E-state index contributed by atoms with van der Waals surface area (Å²) in [6.45, 7) is 15.7. The molecule has 0 heterocycles. The third kappa shape index (κ3) is 6.79. The summed E-state index contributed by atoms with van der Waals surface area (Å²) >= 11 is 0. The van der Waals surface area contributed by atoms with Crippen molar-refractivity contribution < 1.29 is 24.0 Å². The summed E-state index contributed by atoms with van der Waals surface area (Å²) in [5.74, 6) is 4.42. The maximum Gasteiger partial charge on any atom is 0.350 e. The van der Waals surface area contributed by atoms with Crippen LogP contribution in [0, 0.1) is 46.3 Å². The van der Waals surface area contributed by atoms with Crippen LogP contribution in [0.5, 0.6) is 5.75 Å². The number of hydrogen-bond acceptors (Lipinski definition) is 7. The van der Waals surface area contributed by atoms with Gasteiger partial charge in [-0.1, -0.05) is 83.3 Å². The van der Waals surface area contributed by atoms with Crippen LogP contribution < -0.4 is 16.0 Å². The van der Waals surface area contributed by atoms with Crippen molar-refractivity contribution in [3.63, 3.8) is 0 Å². The first-order valence-corrected chi connectivity index (χ1v) is 17.1. The van der Waals surface area contributed by atoms with Gasteiger partial charge in [-0.25, -0.2) is 9.59 Å². The highest BCUT2D eigenvalue weighted by atomic mass is 16.8. The molecule has 0 saturated heterocycles. The van der Waals surface area contributed by atoms with E-state index in [2.05, 4.69) is 63.3 Å². The maximum atomic E-state index is 13.0. The lowest BCUT2D eigenvalue weighted by atomic mass is 9.47. The molecule has 0 aromatic heterocycles. The van der Waals surface area contributed by atoms with Crippen molar-refractivity contribution in [3.8, 4) is 5.75 Å². The fraction of sp³-hybridized carbons (Fsp3) is 0.676. The predicted octanol–water partition coefficient (Wildman–Crippen LogP) is 8.29. The number of rotatable bonds is 12. The summed E-state index contributed by atoms with van der Waals surface area (Å²) in [4.78, 5) is 33.9. The number of fused-ring (bicyclic) bond motifs is 5. The van der Waals surface area contributed by atoms with Gasteiger partial charge in [-0.2, -0.15) is 0 Å². The highest BCUT2D eigenvalue weighted by Crippen LogP contribution is 2.67. The first-order chi connectivity index (χ1) is 21.0. The zero-order valence-corrected chi connectivity index (χ0v) is 27.5. The summed E-state index contributed by atoms with van der Waals surface area (Å²) in [5, 5.41) is 0. The number of allylic oxidation sites excluding steroid dienone is 1. The minimum absolute atomic E-state index is 0.0869. The van der Waals surface area contributed by atoms with Crippen LogP contribution in [0.25, 0.3) is 0 Å². The molecule has 7 nitrogen and oxygen atoms in total. The smallest absolute Gasteiger partial charge is 0.350 e. The summed E-state index contributed by atoms with van der Waals surface area (Å²) < 4.78 is 6.04. The van der Waals surface area contributed by atoms with Gasteiger partial charge in [0.1, 0.15) is 11.9 Å². The van der Waals surface area contributed by atoms with Crippen molar-refractivity contribution >= 4 is 11.9 Å². The molecule has 5 rings (SSSR count). The molecule has 242 valence electrons. The van der Waals surface area contributed by atoms with Gasteiger partial charge >= 0.3 is 11.9 Å². The Morgan fingerprint density at radius 1 is 1.00 bits per heavy atom. The maximum absolute atomic E-state index is 13.0. The van der Waals surface area contributed by atoms with Crippen LogP contribution in [0.3, 0.4) is 0 Å². The highest BCUT2D eigenvalue weighted by Gasteiger charge is 2.59. The van der Waals surface area contributed by atoms with Gasteiger partial charge in [-0.3, -0.25) is 0 Å². The third-order valence-electron chi connectivity index (χ3n) is 12.2. The summed E-state index contributed by atoms with van der Waals surface area (Å²) in [6, 6.07) is 6.65. The number of nitrogens with one attached hydrogen (secondary N) is 2. The molecule has 44 heavy (non-hydrogen) atoms. The summed E-state index contributed by atoms with van der Waals surface area (Å²) in [5.41, 5.74) is 7.20. The Bertz CT molecular complexity index is 1210. The monoisotopic (exact) mass is 606 g/mol. The van der Waals surface area contributed by atoms with Gasteiger partial charge in [-0.05, 0) is 116 Å². The second-order valence-corrected chi connectivity index (χ2v) is 15.0. The molecule has 4 aliphatic carbocycles. The van der Waals surface area contributed by atoms with Crippen LogP contribution in [-0.2, 0) is 14.4 Å². The second-order valence-electron chi connectivity index (χ2n) is 15.0. The highest BCUT2D eigenvalue weighted by molar-refractivity contribution is 5.89. The van der Waals surface area contributed by atoms with Crippen LogP contribution in [0.2, 0.25) is 0 Å². The Hall–Kier alpha value is -2.64. The van der Waals surface area contributed by atoms with E-state index in [-0.39, 0.29) is 17.5 Å². The zero-order valence-electron chi connectivity index (χ0n) is 27.5. The van der Waals surface area contributed by atoms with Gasteiger partial charge in [0.25, 0.3) is 0 Å². The van der Waals surface area contributed by atoms with Crippen molar-refractivity contribution in [1.29, 1.82) is 0 Å². The zero-order chi connectivity index (χ0) is 31.5. The molecule has 3 saturated carbocycles. The van der Waals surface area contributed by atoms with E-state index in [4.69, 9.17) is 9.57 Å². The molecule has 8 atom stereocenters. The predicted molar refractivity (Wildman–Crippen MR) is 172 cm³/mol. The molecular formula is C37H54N2O5. The minimum Gasteiger partial charge on any atom is -0.458 e. The number of hydrogen-bond donors (Lipinski definition) is 2. The van der Waals surface area contributed by atoms with Crippen molar-refractivity contribution in [1.82, 2.24) is 11.2 Å². The van der Waals surface area contributed by atoms with Crippen LogP contribution in [-0.4, -0.2) is 18.0 Å². The quantitative estimate of drug-likeness (QED) is 0.0814. The van der Waals surface area contributed by atoms with Crippen LogP contribution >= 0.6 is 0 Å². The van der Waals surface area contributed by atoms with E-state index in [9.17, 15) is 9.59 Å². The molecule has 0 radical (unpaired) electrons. The molecule has 0 aliphatic heterocycles. The molecule has 0 amide bonds. The molecule has 0 bridgehead atoms. The van der Waals surface area contributed by atoms with E-state index in [1.54, 1.807) is 24.3 Å². The topological polar surface area (TPSA) is 85.9 Å². The number of carbonyl (C=O) groups is 2. The average molecular weight is 607 g/mol. The fourth-order valence-corrected chi connectivity index (χ4v) is 9.82. The Morgan fingerprint density at radius 3 is 2.50 bits per heavy atom. The van der Waals surface area contributed by atoms with E-state index in [1.165, 1.54) is 56.9 Å². The Morgan fingerprint density at radius 2 is 1.77 bits per heavy atom. The van der Waals surface area contributed by atoms with E-state index in [0.717, 1.165) is 60.8 Å². The first-order valence-electron chi connectivity index (χ1n) is 17.1. The van der Waals surface area contributed by atoms with Gasteiger partial charge in [0.2, 0.25) is 0 Å². The van der Waals surface area contributed by atoms with Crippen LogP contribution in [0.15, 0.2) is 48.6 Å². The second kappa shape index (κ2) is 13.8. The van der Waals surface area contributed by atoms with Crippen molar-refractivity contribution in [2.45, 2.75) is 111 Å². The lowest BCUT2D eigenvalue weighted by molar-refractivity contribution is -0.153. The third-order valence-corrected chi connectivity index (χ3v) is 12.2. The van der Waals surface area contributed by atoms with E-state index in [1.807, 2.05) is 0 Å². The molecule has 1 aromatic carbocycles. The standard InChI is InChI=1S/C37H54N2O5/c1-7-34(40)44-39-38-43-28-14-11-26(12-15-28)35(41)42-29-19-21-36(5)27(23-29)13-16-30-32-18-17-31(25(4)10-8-9-24(2)3)37(32,6)22-20-33(30)36/h7,11-15,24-25,29-33,38-39H,1,8-10,16-23H2,2-6H3/t25?,29?,30?,31?,32?,33?,36-,37+/m0/s1.